The molecule has 0 aliphatic rings. The Morgan fingerprint density at radius 3 is 2.48 bits per heavy atom. The zero-order chi connectivity index (χ0) is 16.9. The van der Waals surface area contributed by atoms with E-state index in [4.69, 9.17) is 16.3 Å². The van der Waals surface area contributed by atoms with Crippen molar-refractivity contribution >= 4 is 33.1 Å². The molecule has 0 saturated heterocycles. The van der Waals surface area contributed by atoms with Crippen molar-refractivity contribution in [2.75, 3.05) is 24.2 Å². The fourth-order valence-electron chi connectivity index (χ4n) is 1.92. The topological polar surface area (TPSA) is 72.5 Å². The summed E-state index contributed by atoms with van der Waals surface area (Å²) < 4.78 is 30.9. The first-order valence-corrected chi connectivity index (χ1v) is 8.84. The molecular formula is C16H16ClNO4S. The molecule has 0 heterocycles. The van der Waals surface area contributed by atoms with E-state index in [2.05, 4.69) is 4.72 Å². The summed E-state index contributed by atoms with van der Waals surface area (Å²) in [6.45, 7) is 0.0960. The largest absolute Gasteiger partial charge is 0.384 e. The van der Waals surface area contributed by atoms with Gasteiger partial charge in [-0.15, -0.1) is 0 Å². The van der Waals surface area contributed by atoms with Gasteiger partial charge in [0.25, 0.3) is 0 Å². The summed E-state index contributed by atoms with van der Waals surface area (Å²) in [5, 5.41) is 0.543. The maximum Gasteiger partial charge on any atom is 0.234 e. The molecular weight excluding hydrogens is 338 g/mol. The molecule has 0 atom stereocenters. The molecule has 0 bridgehead atoms. The minimum Gasteiger partial charge on any atom is -0.384 e. The number of hydrogen-bond donors (Lipinski definition) is 1. The second-order valence-electron chi connectivity index (χ2n) is 4.83. The van der Waals surface area contributed by atoms with E-state index in [0.29, 0.717) is 21.8 Å². The number of benzene rings is 2. The van der Waals surface area contributed by atoms with Gasteiger partial charge in [-0.1, -0.05) is 23.7 Å². The number of sulfonamides is 1. The van der Waals surface area contributed by atoms with Crippen LogP contribution in [0.5, 0.6) is 0 Å². The normalized spacial score (nSPS) is 11.2. The lowest BCUT2D eigenvalue weighted by Crippen LogP contribution is -2.19. The molecule has 2 aromatic rings. The van der Waals surface area contributed by atoms with Crippen molar-refractivity contribution in [1.82, 2.24) is 0 Å². The third-order valence-corrected chi connectivity index (χ3v) is 4.56. The minimum absolute atomic E-state index is 0.0960. The fourth-order valence-corrected chi connectivity index (χ4v) is 3.02. The second-order valence-corrected chi connectivity index (χ2v) is 7.11. The number of ether oxygens (including phenoxy) is 1. The Balaban J connectivity index is 2.19. The van der Waals surface area contributed by atoms with Crippen molar-refractivity contribution in [3.63, 3.8) is 0 Å². The predicted octanol–water partition coefficient (Wildman–Crippen LogP) is 2.96. The number of nitrogens with one attached hydrogen (secondary N) is 1. The van der Waals surface area contributed by atoms with Gasteiger partial charge < -0.3 is 4.74 Å². The molecule has 0 saturated carbocycles. The molecule has 2 aromatic carbocycles. The van der Waals surface area contributed by atoms with Gasteiger partial charge in [0.05, 0.1) is 12.4 Å². The lowest BCUT2D eigenvalue weighted by atomic mass is 10.0. The zero-order valence-electron chi connectivity index (χ0n) is 12.5. The van der Waals surface area contributed by atoms with Crippen LogP contribution >= 0.6 is 11.6 Å². The van der Waals surface area contributed by atoms with Crippen molar-refractivity contribution in [3.8, 4) is 0 Å². The third-order valence-electron chi connectivity index (χ3n) is 3.06. The molecule has 0 amide bonds. The van der Waals surface area contributed by atoms with Crippen molar-refractivity contribution in [1.29, 1.82) is 0 Å². The minimum atomic E-state index is -3.51. The second kappa shape index (κ2) is 7.59. The summed E-state index contributed by atoms with van der Waals surface area (Å²) in [5.74, 6) is -0.363. The van der Waals surface area contributed by atoms with Crippen molar-refractivity contribution in [2.24, 2.45) is 0 Å². The highest BCUT2D eigenvalue weighted by Gasteiger charge is 2.13. The SMILES string of the molecule is COCCS(=O)(=O)Nc1cccc(C(=O)c2ccc(Cl)cc2)c1. The van der Waals surface area contributed by atoms with Crippen molar-refractivity contribution in [3.05, 3.63) is 64.7 Å². The highest BCUT2D eigenvalue weighted by atomic mass is 35.5. The van der Waals surface area contributed by atoms with Gasteiger partial charge in [-0.3, -0.25) is 9.52 Å². The molecule has 0 spiro atoms. The fraction of sp³-hybridized carbons (Fsp3) is 0.188. The Morgan fingerprint density at radius 1 is 1.13 bits per heavy atom. The molecule has 0 radical (unpaired) electrons. The summed E-state index contributed by atoms with van der Waals surface area (Å²) in [5.41, 5.74) is 1.20. The van der Waals surface area contributed by atoms with Crippen LogP contribution in [-0.2, 0) is 14.8 Å². The molecule has 2 rings (SSSR count). The van der Waals surface area contributed by atoms with E-state index in [1.807, 2.05) is 0 Å². The van der Waals surface area contributed by atoms with E-state index in [1.165, 1.54) is 13.2 Å². The maximum atomic E-state index is 12.4. The van der Waals surface area contributed by atoms with E-state index in [1.54, 1.807) is 42.5 Å². The first-order valence-electron chi connectivity index (χ1n) is 6.81. The van der Waals surface area contributed by atoms with Crippen LogP contribution < -0.4 is 4.72 Å². The number of anilines is 1. The first-order chi connectivity index (χ1) is 10.9. The highest BCUT2D eigenvalue weighted by molar-refractivity contribution is 7.92. The molecule has 0 fully saturated rings. The lowest BCUT2D eigenvalue weighted by molar-refractivity contribution is 0.103. The summed E-state index contributed by atoms with van der Waals surface area (Å²) in [6.07, 6.45) is 0. The van der Waals surface area contributed by atoms with Crippen LogP contribution in [0.2, 0.25) is 5.02 Å². The molecule has 122 valence electrons. The molecule has 7 heteroatoms. The van der Waals surface area contributed by atoms with Crippen LogP contribution in [0, 0.1) is 0 Å². The van der Waals surface area contributed by atoms with E-state index in [9.17, 15) is 13.2 Å². The Kier molecular flexibility index (Phi) is 5.76. The zero-order valence-corrected chi connectivity index (χ0v) is 14.0. The average molecular weight is 354 g/mol. The highest BCUT2D eigenvalue weighted by Crippen LogP contribution is 2.17. The Bertz CT molecular complexity index is 788. The van der Waals surface area contributed by atoms with Crippen LogP contribution in [0.1, 0.15) is 15.9 Å². The summed E-state index contributed by atoms with van der Waals surface area (Å²) in [7, 11) is -2.08. The smallest absolute Gasteiger partial charge is 0.234 e. The van der Waals surface area contributed by atoms with E-state index in [-0.39, 0.29) is 18.1 Å². The Morgan fingerprint density at radius 2 is 1.83 bits per heavy atom. The molecule has 0 aliphatic heterocycles. The van der Waals surface area contributed by atoms with Crippen LogP contribution in [0.3, 0.4) is 0 Å². The first kappa shape index (κ1) is 17.5. The van der Waals surface area contributed by atoms with Gasteiger partial charge in [0.1, 0.15) is 0 Å². The molecule has 0 aliphatic carbocycles. The summed E-state index contributed by atoms with van der Waals surface area (Å²) in [6, 6.07) is 12.9. The van der Waals surface area contributed by atoms with Crippen LogP contribution in [0.4, 0.5) is 5.69 Å². The number of halogens is 1. The Labute approximate surface area is 140 Å². The summed E-state index contributed by atoms with van der Waals surface area (Å²) >= 11 is 5.80. The van der Waals surface area contributed by atoms with Gasteiger partial charge in [-0.05, 0) is 36.4 Å². The van der Waals surface area contributed by atoms with E-state index >= 15 is 0 Å². The van der Waals surface area contributed by atoms with E-state index in [0.717, 1.165) is 0 Å². The van der Waals surface area contributed by atoms with Crippen molar-refractivity contribution in [2.45, 2.75) is 0 Å². The van der Waals surface area contributed by atoms with Crippen LogP contribution in [-0.4, -0.2) is 33.7 Å². The number of carbonyl (C=O) groups is 1. The lowest BCUT2D eigenvalue weighted by Gasteiger charge is -2.09. The van der Waals surface area contributed by atoms with Crippen LogP contribution in [0.15, 0.2) is 48.5 Å². The molecule has 23 heavy (non-hydrogen) atoms. The monoisotopic (exact) mass is 353 g/mol. The van der Waals surface area contributed by atoms with Gasteiger partial charge >= 0.3 is 0 Å². The van der Waals surface area contributed by atoms with Gasteiger partial charge in [0.2, 0.25) is 10.0 Å². The Hall–Kier alpha value is -1.89. The number of methoxy groups -OCH3 is 1. The number of rotatable bonds is 7. The third kappa shape index (κ3) is 5.06. The molecule has 1 N–H and O–H groups in total. The maximum absolute atomic E-state index is 12.4. The van der Waals surface area contributed by atoms with Gasteiger partial charge in [-0.2, -0.15) is 0 Å². The molecule has 5 nitrogen and oxygen atoms in total. The quantitative estimate of drug-likeness (QED) is 0.777. The summed E-state index contributed by atoms with van der Waals surface area (Å²) in [4.78, 5) is 12.4. The number of carbonyl (C=O) groups excluding carboxylic acids is 1. The average Bonchev–Trinajstić information content (AvgIpc) is 2.53. The predicted molar refractivity (Wildman–Crippen MR) is 90.6 cm³/mol. The number of ketones is 1. The standard InChI is InChI=1S/C16H16ClNO4S/c1-22-9-10-23(20,21)18-15-4-2-3-13(11-15)16(19)12-5-7-14(17)8-6-12/h2-8,11,18H,9-10H2,1H3. The molecule has 0 aromatic heterocycles. The molecule has 0 unspecified atom stereocenters. The van der Waals surface area contributed by atoms with Crippen LogP contribution in [0.25, 0.3) is 0 Å². The number of hydrogen-bond acceptors (Lipinski definition) is 4. The van der Waals surface area contributed by atoms with Crippen molar-refractivity contribution < 1.29 is 17.9 Å². The van der Waals surface area contributed by atoms with E-state index < -0.39 is 10.0 Å². The van der Waals surface area contributed by atoms with Gasteiger partial charge in [0.15, 0.2) is 5.78 Å². The van der Waals surface area contributed by atoms with Gasteiger partial charge in [0, 0.05) is 28.9 Å². The van der Waals surface area contributed by atoms with Gasteiger partial charge in [-0.25, -0.2) is 8.42 Å².